The highest BCUT2D eigenvalue weighted by Crippen LogP contribution is 2.48. The minimum atomic E-state index is -6.45. The quantitative estimate of drug-likeness (QED) is 0.148. The number of hydrogen-bond donors (Lipinski definition) is 0. The predicted molar refractivity (Wildman–Crippen MR) is 121 cm³/mol. The van der Waals surface area contributed by atoms with Gasteiger partial charge < -0.3 is 85.0 Å². The van der Waals surface area contributed by atoms with Crippen molar-refractivity contribution in [3.05, 3.63) is 71.8 Å². The molecule has 2 aromatic rings. The summed E-state index contributed by atoms with van der Waals surface area (Å²) in [5.74, 6) is -3.15. The lowest BCUT2D eigenvalue weighted by atomic mass is 9.84. The molecule has 2 aromatic carbocycles. The van der Waals surface area contributed by atoms with Crippen molar-refractivity contribution >= 4 is 43.2 Å². The average molecular weight is 700 g/mol. The van der Waals surface area contributed by atoms with Crippen LogP contribution >= 0.6 is 31.3 Å². The minimum Gasteiger partial charge on any atom is -0.790 e. The molecule has 1 aliphatic rings. The van der Waals surface area contributed by atoms with Crippen LogP contribution in [0.1, 0.15) is 20.7 Å². The van der Waals surface area contributed by atoms with Crippen LogP contribution in [0.15, 0.2) is 60.7 Å². The van der Waals surface area contributed by atoms with Crippen molar-refractivity contribution in [1.29, 1.82) is 0 Å². The average Bonchev–Trinajstić information content (AvgIpc) is 2.88. The van der Waals surface area contributed by atoms with E-state index in [1.165, 1.54) is 36.4 Å². The van der Waals surface area contributed by atoms with Gasteiger partial charge in [0.1, 0.15) is 24.4 Å². The second kappa shape index (κ2) is 14.1. The van der Waals surface area contributed by atoms with Crippen LogP contribution in [0, 0.1) is 0 Å². The van der Waals surface area contributed by atoms with Crippen molar-refractivity contribution in [1.82, 2.24) is 0 Å². The van der Waals surface area contributed by atoms with Gasteiger partial charge in [-0.05, 0) is 24.3 Å². The summed E-state index contributed by atoms with van der Waals surface area (Å²) in [5, 5.41) is 0. The van der Waals surface area contributed by atoms with Crippen LogP contribution in [0.2, 0.25) is 0 Å². The summed E-state index contributed by atoms with van der Waals surface area (Å²) >= 11 is 0. The SMILES string of the molecule is O=C(OC1C(OP(=O)([O-])[O-])C(OP(=O)([O-])[O-])C(OC(=O)c2ccccc2)C(OP(=O)([O-])[O-])C1OP(=O)([O-])[O-])c1ccccc1. The Hall–Kier alpha value is -2.18. The Morgan fingerprint density at radius 2 is 0.659 bits per heavy atom. The lowest BCUT2D eigenvalue weighted by Crippen LogP contribution is -2.68. The molecule has 0 saturated heterocycles. The van der Waals surface area contributed by atoms with Crippen molar-refractivity contribution in [2.75, 3.05) is 0 Å². The molecule has 44 heavy (non-hydrogen) atoms. The number of ether oxygens (including phenoxy) is 2. The third kappa shape index (κ3) is 11.0. The topological polar surface area (TPSA) is 342 Å². The number of hydrogen-bond acceptors (Lipinski definition) is 20. The standard InChI is InChI=1S/C20H24O20P4/c21-19(11-7-3-1-4-8-11)35-13-15(37-41(23,24)25)17(39-43(29,30)31)14(36-20(22)12-9-5-2-6-10-12)18(40-44(32,33)34)16(13)38-42(26,27)28/h1-10,13-18H,(H2,23,24,25)(H2,26,27,28)(H2,29,30,31)(H2,32,33,34)/p-8. The summed E-state index contributed by atoms with van der Waals surface area (Å²) in [6.45, 7) is 0. The number of phosphoric acid groups is 4. The molecule has 0 N–H and O–H groups in total. The number of rotatable bonds is 12. The highest BCUT2D eigenvalue weighted by atomic mass is 31.2. The molecule has 20 nitrogen and oxygen atoms in total. The summed E-state index contributed by atoms with van der Waals surface area (Å²) in [6.07, 6.45) is -18.1. The first-order valence-corrected chi connectivity index (χ1v) is 17.3. The lowest BCUT2D eigenvalue weighted by molar-refractivity contribution is -0.377. The number of esters is 2. The van der Waals surface area contributed by atoms with E-state index in [4.69, 9.17) is 9.47 Å². The first kappa shape index (κ1) is 36.3. The smallest absolute Gasteiger partial charge is 0.338 e. The fourth-order valence-electron chi connectivity index (χ4n) is 4.00. The van der Waals surface area contributed by atoms with Gasteiger partial charge in [-0.25, -0.2) is 9.59 Å². The number of benzene rings is 2. The molecule has 0 radical (unpaired) electrons. The van der Waals surface area contributed by atoms with Crippen LogP contribution in [-0.4, -0.2) is 48.6 Å². The molecule has 24 heteroatoms. The van der Waals surface area contributed by atoms with E-state index in [1.807, 2.05) is 0 Å². The molecule has 0 aliphatic heterocycles. The monoisotopic (exact) mass is 700 g/mol. The van der Waals surface area contributed by atoms with Gasteiger partial charge in [-0.1, -0.05) is 36.4 Å². The summed E-state index contributed by atoms with van der Waals surface area (Å²) in [5.41, 5.74) is -0.844. The van der Waals surface area contributed by atoms with Gasteiger partial charge in [-0.3, -0.25) is 0 Å². The molecule has 244 valence electrons. The van der Waals surface area contributed by atoms with Gasteiger partial charge in [-0.15, -0.1) is 0 Å². The van der Waals surface area contributed by atoms with Crippen molar-refractivity contribution in [2.45, 2.75) is 36.6 Å². The van der Waals surface area contributed by atoms with E-state index in [0.717, 1.165) is 24.3 Å². The van der Waals surface area contributed by atoms with E-state index in [-0.39, 0.29) is 0 Å². The fraction of sp³-hybridized carbons (Fsp3) is 0.300. The highest BCUT2D eigenvalue weighted by molar-refractivity contribution is 7.44. The van der Waals surface area contributed by atoms with Gasteiger partial charge in [0, 0.05) is 0 Å². The van der Waals surface area contributed by atoms with Crippen LogP contribution in [0.4, 0.5) is 0 Å². The Bertz CT molecular complexity index is 1320. The highest BCUT2D eigenvalue weighted by Gasteiger charge is 2.58. The molecule has 1 saturated carbocycles. The lowest BCUT2D eigenvalue weighted by Gasteiger charge is -2.54. The van der Waals surface area contributed by atoms with Gasteiger partial charge in [0.2, 0.25) is 0 Å². The molecule has 0 spiro atoms. The van der Waals surface area contributed by atoms with Gasteiger partial charge in [0.15, 0.2) is 12.2 Å². The maximum Gasteiger partial charge on any atom is 0.338 e. The minimum absolute atomic E-state index is 0.422. The maximum absolute atomic E-state index is 12.9. The van der Waals surface area contributed by atoms with E-state index < -0.39 is 91.0 Å². The number of phosphoric ester groups is 4. The number of carbonyl (C=O) groups excluding carboxylic acids is 2. The Balaban J connectivity index is 2.29. The van der Waals surface area contributed by atoms with E-state index in [9.17, 15) is 67.0 Å². The molecule has 1 aliphatic carbocycles. The van der Waals surface area contributed by atoms with E-state index >= 15 is 0 Å². The van der Waals surface area contributed by atoms with Crippen LogP contribution < -0.4 is 39.1 Å². The molecule has 0 bridgehead atoms. The Labute approximate surface area is 246 Å². The van der Waals surface area contributed by atoms with Crippen LogP contribution in [-0.2, 0) is 45.8 Å². The summed E-state index contributed by atoms with van der Waals surface area (Å²) in [7, 11) is -25.8. The molecule has 0 aromatic heterocycles. The molecule has 4 unspecified atom stereocenters. The number of carbonyl (C=O) groups is 2. The normalized spacial score (nSPS) is 24.8. The third-order valence-electron chi connectivity index (χ3n) is 5.45. The molecular formula is C20H16O20P4-8. The zero-order valence-electron chi connectivity index (χ0n) is 21.2. The van der Waals surface area contributed by atoms with Gasteiger partial charge in [-0.2, -0.15) is 0 Å². The molecule has 0 amide bonds. The summed E-state index contributed by atoms with van der Waals surface area (Å²) in [4.78, 5) is 119. The second-order valence-electron chi connectivity index (χ2n) is 8.54. The molecule has 0 heterocycles. The zero-order chi connectivity index (χ0) is 33.1. The van der Waals surface area contributed by atoms with Crippen LogP contribution in [0.25, 0.3) is 0 Å². The van der Waals surface area contributed by atoms with E-state index in [0.29, 0.717) is 0 Å². The second-order valence-corrected chi connectivity index (χ2v) is 13.0. The fourth-order valence-corrected chi connectivity index (χ4v) is 6.15. The van der Waals surface area contributed by atoms with Crippen molar-refractivity contribution in [3.63, 3.8) is 0 Å². The van der Waals surface area contributed by atoms with Crippen molar-refractivity contribution in [2.24, 2.45) is 0 Å². The molecule has 1 fully saturated rings. The third-order valence-corrected chi connectivity index (χ3v) is 7.46. The van der Waals surface area contributed by atoms with Crippen molar-refractivity contribution < 1.29 is 94.6 Å². The van der Waals surface area contributed by atoms with Gasteiger partial charge in [0.05, 0.1) is 42.4 Å². The maximum atomic E-state index is 12.9. The molecular weight excluding hydrogens is 684 g/mol. The zero-order valence-corrected chi connectivity index (χ0v) is 24.8. The summed E-state index contributed by atoms with van der Waals surface area (Å²) < 4.78 is 73.6. The molecule has 4 atom stereocenters. The van der Waals surface area contributed by atoms with Gasteiger partial charge in [0.25, 0.3) is 0 Å². The Morgan fingerprint density at radius 1 is 0.432 bits per heavy atom. The predicted octanol–water partition coefficient (Wildman–Crippen LogP) is -4.69. The van der Waals surface area contributed by atoms with E-state index in [2.05, 4.69) is 18.1 Å². The molecule has 3 rings (SSSR count). The first-order chi connectivity index (χ1) is 20.1. The van der Waals surface area contributed by atoms with Gasteiger partial charge >= 0.3 is 11.9 Å². The largest absolute Gasteiger partial charge is 0.790 e. The Kier molecular flexibility index (Phi) is 11.6. The summed E-state index contributed by atoms with van der Waals surface area (Å²) in [6, 6.07) is 12.0. The Morgan fingerprint density at radius 3 is 0.864 bits per heavy atom. The van der Waals surface area contributed by atoms with E-state index in [1.54, 1.807) is 0 Å². The van der Waals surface area contributed by atoms with Crippen molar-refractivity contribution in [3.8, 4) is 0 Å². The van der Waals surface area contributed by atoms with Crippen LogP contribution in [0.5, 0.6) is 0 Å². The van der Waals surface area contributed by atoms with Crippen LogP contribution in [0.3, 0.4) is 0 Å². The first-order valence-electron chi connectivity index (χ1n) is 11.5.